The monoisotopic (exact) mass is 458 g/mol. The molecule has 1 heterocycles. The molecule has 10 heteroatoms. The Morgan fingerprint density at radius 2 is 1.97 bits per heavy atom. The molecule has 2 aromatic carbocycles. The van der Waals surface area contributed by atoms with E-state index in [4.69, 9.17) is 29.3 Å². The van der Waals surface area contributed by atoms with Crippen LogP contribution in [-0.4, -0.2) is 42.3 Å². The first-order chi connectivity index (χ1) is 15.8. The summed E-state index contributed by atoms with van der Waals surface area (Å²) in [7, 11) is 0. The highest BCUT2D eigenvalue weighted by atomic mass is 16.7. The molecule has 3 rings (SSSR count). The van der Waals surface area contributed by atoms with Crippen LogP contribution in [0, 0.1) is 5.41 Å². The summed E-state index contributed by atoms with van der Waals surface area (Å²) in [6.07, 6.45) is 1.11. The molecule has 0 aliphatic carbocycles. The zero-order valence-electron chi connectivity index (χ0n) is 18.2. The normalized spacial score (nSPS) is 13.5. The third kappa shape index (κ3) is 6.37. The molecule has 0 spiro atoms. The number of hydrogen-bond donors (Lipinski definition) is 4. The van der Waals surface area contributed by atoms with E-state index in [0.717, 1.165) is 6.08 Å². The Kier molecular flexibility index (Phi) is 7.75. The maximum absolute atomic E-state index is 12.8. The van der Waals surface area contributed by atoms with Gasteiger partial charge in [0.05, 0.1) is 6.61 Å². The van der Waals surface area contributed by atoms with Crippen LogP contribution in [-0.2, 0) is 9.53 Å². The number of anilines is 1. The second-order valence-corrected chi connectivity index (χ2v) is 7.75. The van der Waals surface area contributed by atoms with E-state index in [9.17, 15) is 9.59 Å². The van der Waals surface area contributed by atoms with Crippen LogP contribution < -0.4 is 25.0 Å². The summed E-state index contributed by atoms with van der Waals surface area (Å²) in [5.41, 5.74) is 1.72. The Hall–Kier alpha value is -3.76. The van der Waals surface area contributed by atoms with Gasteiger partial charge in [0, 0.05) is 23.2 Å². The third-order valence-electron chi connectivity index (χ3n) is 4.81. The summed E-state index contributed by atoms with van der Waals surface area (Å²) in [6.45, 7) is 3.62. The molecule has 0 unspecified atom stereocenters. The molecule has 0 saturated heterocycles. The number of fused-ring (bicyclic) bond motifs is 1. The molecule has 176 valence electrons. The van der Waals surface area contributed by atoms with Crippen LogP contribution in [0.1, 0.15) is 25.5 Å². The van der Waals surface area contributed by atoms with E-state index >= 15 is 0 Å². The van der Waals surface area contributed by atoms with E-state index in [-0.39, 0.29) is 20.0 Å². The predicted octanol–water partition coefficient (Wildman–Crippen LogP) is 3.16. The zero-order chi connectivity index (χ0) is 23.8. The van der Waals surface area contributed by atoms with Gasteiger partial charge in [0.2, 0.25) is 6.79 Å². The fourth-order valence-electron chi connectivity index (χ4n) is 3.22. The van der Waals surface area contributed by atoms with Gasteiger partial charge in [-0.25, -0.2) is 10.3 Å². The largest absolute Gasteiger partial charge is 0.491 e. The number of aliphatic hydroxyl groups is 1. The van der Waals surface area contributed by atoms with Gasteiger partial charge in [0.15, 0.2) is 11.5 Å². The van der Waals surface area contributed by atoms with Gasteiger partial charge in [-0.15, -0.1) is 0 Å². The summed E-state index contributed by atoms with van der Waals surface area (Å²) in [5, 5.41) is 20.5. The molecule has 0 fully saturated rings. The SMILES string of the molecule is CC(C)(/C=C/C(=O)NO)[C@H](OC(=O)Nc1ccc2c(c1)OCO2)c1cccc(OCCO)c1. The second kappa shape index (κ2) is 10.7. The van der Waals surface area contributed by atoms with Crippen molar-refractivity contribution in [2.24, 2.45) is 5.41 Å². The van der Waals surface area contributed by atoms with Crippen molar-refractivity contribution >= 4 is 17.7 Å². The van der Waals surface area contributed by atoms with Crippen LogP contribution in [0.25, 0.3) is 0 Å². The number of rotatable bonds is 9. The summed E-state index contributed by atoms with van der Waals surface area (Å²) < 4.78 is 21.8. The number of nitrogens with one attached hydrogen (secondary N) is 2. The minimum atomic E-state index is -0.867. The topological polar surface area (TPSA) is 136 Å². The van der Waals surface area contributed by atoms with Crippen LogP contribution in [0.15, 0.2) is 54.6 Å². The van der Waals surface area contributed by atoms with Gasteiger partial charge < -0.3 is 24.1 Å². The summed E-state index contributed by atoms with van der Waals surface area (Å²) in [4.78, 5) is 24.3. The minimum Gasteiger partial charge on any atom is -0.491 e. The van der Waals surface area contributed by atoms with Crippen LogP contribution in [0.2, 0.25) is 0 Å². The Morgan fingerprint density at radius 1 is 1.18 bits per heavy atom. The van der Waals surface area contributed by atoms with Gasteiger partial charge in [0.1, 0.15) is 18.5 Å². The smallest absolute Gasteiger partial charge is 0.412 e. The van der Waals surface area contributed by atoms with Gasteiger partial charge in [-0.3, -0.25) is 15.3 Å². The molecule has 1 aliphatic rings. The second-order valence-electron chi connectivity index (χ2n) is 7.75. The van der Waals surface area contributed by atoms with Crippen LogP contribution in [0.3, 0.4) is 0 Å². The van der Waals surface area contributed by atoms with Crippen molar-refractivity contribution in [2.45, 2.75) is 20.0 Å². The van der Waals surface area contributed by atoms with Crippen molar-refractivity contribution in [3.63, 3.8) is 0 Å². The minimum absolute atomic E-state index is 0.111. The average molecular weight is 458 g/mol. The molecule has 0 bridgehead atoms. The molecule has 4 N–H and O–H groups in total. The molecule has 1 atom stereocenters. The van der Waals surface area contributed by atoms with E-state index in [1.54, 1.807) is 56.3 Å². The van der Waals surface area contributed by atoms with E-state index < -0.39 is 23.5 Å². The molecule has 2 aromatic rings. The van der Waals surface area contributed by atoms with Gasteiger partial charge in [-0.05, 0) is 29.8 Å². The lowest BCUT2D eigenvalue weighted by molar-refractivity contribution is -0.124. The van der Waals surface area contributed by atoms with Gasteiger partial charge in [0.25, 0.3) is 5.91 Å². The van der Waals surface area contributed by atoms with Crippen molar-refractivity contribution in [2.75, 3.05) is 25.3 Å². The molecule has 0 radical (unpaired) electrons. The van der Waals surface area contributed by atoms with Crippen molar-refractivity contribution < 1.29 is 38.9 Å². The van der Waals surface area contributed by atoms with E-state index in [1.165, 1.54) is 11.6 Å². The van der Waals surface area contributed by atoms with Crippen molar-refractivity contribution in [1.29, 1.82) is 0 Å². The molecule has 2 amide bonds. The first-order valence-electron chi connectivity index (χ1n) is 10.2. The number of benzene rings is 2. The zero-order valence-corrected chi connectivity index (χ0v) is 18.2. The summed E-state index contributed by atoms with van der Waals surface area (Å²) in [5.74, 6) is 0.863. The van der Waals surface area contributed by atoms with Crippen molar-refractivity contribution in [3.8, 4) is 17.2 Å². The Labute approximate surface area is 190 Å². The summed E-state index contributed by atoms with van der Waals surface area (Å²) >= 11 is 0. The maximum Gasteiger partial charge on any atom is 0.412 e. The molecule has 33 heavy (non-hydrogen) atoms. The highest BCUT2D eigenvalue weighted by Gasteiger charge is 2.33. The van der Waals surface area contributed by atoms with Crippen molar-refractivity contribution in [3.05, 3.63) is 60.2 Å². The highest BCUT2D eigenvalue weighted by molar-refractivity contribution is 5.87. The molecule has 10 nitrogen and oxygen atoms in total. The molecule has 1 aliphatic heterocycles. The van der Waals surface area contributed by atoms with Gasteiger partial charge >= 0.3 is 6.09 Å². The molecule has 0 aromatic heterocycles. The number of carbonyl (C=O) groups is 2. The first kappa shape index (κ1) is 23.9. The number of aliphatic hydroxyl groups excluding tert-OH is 1. The van der Waals surface area contributed by atoms with Crippen LogP contribution >= 0.6 is 0 Å². The van der Waals surface area contributed by atoms with Gasteiger partial charge in [-0.1, -0.05) is 32.1 Å². The number of ether oxygens (including phenoxy) is 4. The highest BCUT2D eigenvalue weighted by Crippen LogP contribution is 2.40. The fourth-order valence-corrected chi connectivity index (χ4v) is 3.22. The lowest BCUT2D eigenvalue weighted by Crippen LogP contribution is -2.28. The van der Waals surface area contributed by atoms with E-state index in [2.05, 4.69) is 5.32 Å². The number of carbonyl (C=O) groups excluding carboxylic acids is 2. The van der Waals surface area contributed by atoms with E-state index in [0.29, 0.717) is 28.5 Å². The van der Waals surface area contributed by atoms with Crippen LogP contribution in [0.4, 0.5) is 10.5 Å². The van der Waals surface area contributed by atoms with Crippen LogP contribution in [0.5, 0.6) is 17.2 Å². The summed E-state index contributed by atoms with van der Waals surface area (Å²) in [6, 6.07) is 11.8. The Morgan fingerprint density at radius 3 is 2.73 bits per heavy atom. The number of amides is 2. The predicted molar refractivity (Wildman–Crippen MR) is 117 cm³/mol. The van der Waals surface area contributed by atoms with Crippen molar-refractivity contribution in [1.82, 2.24) is 5.48 Å². The maximum atomic E-state index is 12.8. The standard InChI is InChI=1S/C23H26N2O8/c1-23(2,9-8-20(27)25-29)21(15-4-3-5-17(12-15)30-11-10-26)33-22(28)24-16-6-7-18-19(13-16)32-14-31-18/h3-9,12-13,21,26,29H,10-11,14H2,1-2H3,(H,24,28)(H,25,27)/b9-8+/t21-/m1/s1. The number of hydroxylamine groups is 1. The van der Waals surface area contributed by atoms with Gasteiger partial charge in [-0.2, -0.15) is 0 Å². The van der Waals surface area contributed by atoms with E-state index in [1.807, 2.05) is 0 Å². The lowest BCUT2D eigenvalue weighted by atomic mass is 9.82. The fraction of sp³-hybridized carbons (Fsp3) is 0.304. The third-order valence-corrected chi connectivity index (χ3v) is 4.81. The quantitative estimate of drug-likeness (QED) is 0.256. The average Bonchev–Trinajstić information content (AvgIpc) is 3.27. The lowest BCUT2D eigenvalue weighted by Gasteiger charge is -2.32. The molecule has 0 saturated carbocycles. The molecular weight excluding hydrogens is 432 g/mol. The first-order valence-corrected chi connectivity index (χ1v) is 10.2. The Bertz CT molecular complexity index is 1020. The Balaban J connectivity index is 1.84. The molecular formula is C23H26N2O8. The number of hydrogen-bond acceptors (Lipinski definition) is 8.